The van der Waals surface area contributed by atoms with Gasteiger partial charge < -0.3 is 15.3 Å². The van der Waals surface area contributed by atoms with Gasteiger partial charge in [-0.3, -0.25) is 0 Å². The van der Waals surface area contributed by atoms with Gasteiger partial charge in [-0.2, -0.15) is 0 Å². The predicted molar refractivity (Wildman–Crippen MR) is 89.8 cm³/mol. The molecule has 0 amide bonds. The normalized spacial score (nSPS) is 60.9. The van der Waals surface area contributed by atoms with Gasteiger partial charge in [0.15, 0.2) is 0 Å². The Balaban J connectivity index is 1.81. The summed E-state index contributed by atoms with van der Waals surface area (Å²) in [5.41, 5.74) is -1.54. The van der Waals surface area contributed by atoms with Crippen LogP contribution < -0.4 is 0 Å². The zero-order valence-corrected chi connectivity index (χ0v) is 15.2. The third kappa shape index (κ3) is 1.82. The second-order valence-corrected chi connectivity index (χ2v) is 10.6. The van der Waals surface area contributed by atoms with Gasteiger partial charge in [0.1, 0.15) is 0 Å². The molecule has 3 nitrogen and oxygen atoms in total. The van der Waals surface area contributed by atoms with Crippen molar-refractivity contribution in [2.75, 3.05) is 0 Å². The molecule has 3 heteroatoms. The molecular formula is C20H34O3. The van der Waals surface area contributed by atoms with E-state index >= 15 is 0 Å². The minimum atomic E-state index is -0.954. The molecule has 0 heterocycles. The molecule has 3 N–H and O–H groups in total. The van der Waals surface area contributed by atoms with Crippen LogP contribution in [-0.4, -0.2) is 32.6 Å². The van der Waals surface area contributed by atoms with E-state index in [1.807, 2.05) is 6.92 Å². The Bertz CT molecular complexity index is 527. The van der Waals surface area contributed by atoms with E-state index in [4.69, 9.17) is 0 Å². The van der Waals surface area contributed by atoms with Gasteiger partial charge in [0.05, 0.1) is 17.3 Å². The first-order valence-electron chi connectivity index (χ1n) is 9.59. The van der Waals surface area contributed by atoms with Crippen molar-refractivity contribution in [1.82, 2.24) is 0 Å². The molecule has 0 saturated heterocycles. The Hall–Kier alpha value is -0.120. The summed E-state index contributed by atoms with van der Waals surface area (Å²) in [7, 11) is 0. The van der Waals surface area contributed by atoms with E-state index in [1.165, 1.54) is 12.8 Å². The highest BCUT2D eigenvalue weighted by Crippen LogP contribution is 2.75. The van der Waals surface area contributed by atoms with Gasteiger partial charge in [0.2, 0.25) is 0 Å². The SMILES string of the molecule is CC1(C)CC(O)CC2(C)C1CCC1CC3(O)CC12CCC3(C)O. The minimum Gasteiger partial charge on any atom is -0.393 e. The number of hydrogen-bond donors (Lipinski definition) is 3. The van der Waals surface area contributed by atoms with Crippen molar-refractivity contribution in [1.29, 1.82) is 0 Å². The molecule has 0 aromatic heterocycles. The number of aliphatic hydroxyl groups excluding tert-OH is 1. The van der Waals surface area contributed by atoms with Gasteiger partial charge in [0, 0.05) is 0 Å². The summed E-state index contributed by atoms with van der Waals surface area (Å²) < 4.78 is 0. The van der Waals surface area contributed by atoms with Crippen LogP contribution in [0.15, 0.2) is 0 Å². The van der Waals surface area contributed by atoms with Crippen molar-refractivity contribution in [3.63, 3.8) is 0 Å². The van der Waals surface area contributed by atoms with E-state index in [0.717, 1.165) is 32.1 Å². The average Bonchev–Trinajstić information content (AvgIpc) is 2.66. The van der Waals surface area contributed by atoms with Crippen LogP contribution >= 0.6 is 0 Å². The maximum absolute atomic E-state index is 11.3. The van der Waals surface area contributed by atoms with Crippen molar-refractivity contribution in [2.45, 2.75) is 96.4 Å². The third-order valence-electron chi connectivity index (χ3n) is 9.11. The largest absolute Gasteiger partial charge is 0.393 e. The lowest BCUT2D eigenvalue weighted by Gasteiger charge is -2.66. The predicted octanol–water partition coefficient (Wildman–Crippen LogP) is 3.26. The fraction of sp³-hybridized carbons (Fsp3) is 1.00. The first kappa shape index (κ1) is 16.4. The van der Waals surface area contributed by atoms with Crippen molar-refractivity contribution in [3.05, 3.63) is 0 Å². The maximum Gasteiger partial charge on any atom is 0.0939 e. The molecule has 2 bridgehead atoms. The van der Waals surface area contributed by atoms with Gasteiger partial charge in [-0.25, -0.2) is 0 Å². The smallest absolute Gasteiger partial charge is 0.0939 e. The lowest BCUT2D eigenvalue weighted by molar-refractivity contribution is -0.217. The van der Waals surface area contributed by atoms with Crippen LogP contribution in [0, 0.1) is 28.1 Å². The van der Waals surface area contributed by atoms with E-state index < -0.39 is 11.2 Å². The highest BCUT2D eigenvalue weighted by Gasteiger charge is 2.73. The first-order valence-corrected chi connectivity index (χ1v) is 9.59. The summed E-state index contributed by atoms with van der Waals surface area (Å²) in [4.78, 5) is 0. The molecule has 4 fully saturated rings. The molecule has 7 atom stereocenters. The van der Waals surface area contributed by atoms with Crippen LogP contribution in [0.2, 0.25) is 0 Å². The molecule has 7 unspecified atom stereocenters. The summed E-state index contributed by atoms with van der Waals surface area (Å²) in [5.74, 6) is 1.11. The molecule has 4 aliphatic carbocycles. The quantitative estimate of drug-likeness (QED) is 0.641. The van der Waals surface area contributed by atoms with E-state index in [-0.39, 0.29) is 22.3 Å². The van der Waals surface area contributed by atoms with Crippen LogP contribution in [0.1, 0.15) is 79.1 Å². The highest BCUT2D eigenvalue weighted by molar-refractivity contribution is 5.23. The second kappa shape index (κ2) is 4.34. The lowest BCUT2D eigenvalue weighted by atomic mass is 9.39. The van der Waals surface area contributed by atoms with Gasteiger partial charge in [-0.15, -0.1) is 0 Å². The third-order valence-corrected chi connectivity index (χ3v) is 9.11. The van der Waals surface area contributed by atoms with Gasteiger partial charge >= 0.3 is 0 Å². The van der Waals surface area contributed by atoms with Gasteiger partial charge in [0.25, 0.3) is 0 Å². The molecule has 0 radical (unpaired) electrons. The van der Waals surface area contributed by atoms with Crippen LogP contribution in [0.25, 0.3) is 0 Å². The fourth-order valence-corrected chi connectivity index (χ4v) is 8.02. The maximum atomic E-state index is 11.3. The zero-order chi connectivity index (χ0) is 16.9. The topological polar surface area (TPSA) is 60.7 Å². The second-order valence-electron chi connectivity index (χ2n) is 10.6. The molecule has 23 heavy (non-hydrogen) atoms. The molecule has 4 rings (SSSR count). The Labute approximate surface area is 140 Å². The van der Waals surface area contributed by atoms with Crippen molar-refractivity contribution in [2.24, 2.45) is 28.1 Å². The van der Waals surface area contributed by atoms with E-state index in [9.17, 15) is 15.3 Å². The van der Waals surface area contributed by atoms with E-state index in [1.54, 1.807) is 0 Å². The molecular weight excluding hydrogens is 288 g/mol. The fourth-order valence-electron chi connectivity index (χ4n) is 8.02. The summed E-state index contributed by atoms with van der Waals surface area (Å²) >= 11 is 0. The van der Waals surface area contributed by atoms with Crippen LogP contribution in [0.3, 0.4) is 0 Å². The molecule has 4 aliphatic rings. The summed E-state index contributed by atoms with van der Waals surface area (Å²) in [6.45, 7) is 8.89. The molecule has 4 saturated carbocycles. The van der Waals surface area contributed by atoms with Gasteiger partial charge in [-0.1, -0.05) is 20.8 Å². The van der Waals surface area contributed by atoms with E-state index in [2.05, 4.69) is 20.8 Å². The Kier molecular flexibility index (Phi) is 3.09. The molecule has 0 aromatic rings. The minimum absolute atomic E-state index is 0.0814. The number of rotatable bonds is 0. The Morgan fingerprint density at radius 2 is 1.57 bits per heavy atom. The van der Waals surface area contributed by atoms with Crippen molar-refractivity contribution in [3.8, 4) is 0 Å². The highest BCUT2D eigenvalue weighted by atomic mass is 16.4. The average molecular weight is 322 g/mol. The molecule has 0 aromatic carbocycles. The lowest BCUT2D eigenvalue weighted by Crippen LogP contribution is -2.62. The summed E-state index contributed by atoms with van der Waals surface area (Å²) in [6, 6.07) is 0. The Morgan fingerprint density at radius 1 is 0.870 bits per heavy atom. The number of fused-ring (bicyclic) bond motifs is 2. The van der Waals surface area contributed by atoms with Gasteiger partial charge in [-0.05, 0) is 86.4 Å². The van der Waals surface area contributed by atoms with Crippen LogP contribution in [0.5, 0.6) is 0 Å². The molecule has 0 aliphatic heterocycles. The van der Waals surface area contributed by atoms with E-state index in [0.29, 0.717) is 18.3 Å². The first-order chi connectivity index (χ1) is 10.5. The van der Waals surface area contributed by atoms with Crippen LogP contribution in [-0.2, 0) is 0 Å². The summed E-state index contributed by atoms with van der Waals surface area (Å²) in [6.07, 6.45) is 7.11. The summed E-state index contributed by atoms with van der Waals surface area (Å²) in [5, 5.41) is 32.7. The molecule has 132 valence electrons. The molecule has 1 spiro atoms. The Morgan fingerprint density at radius 3 is 2.26 bits per heavy atom. The monoisotopic (exact) mass is 322 g/mol. The zero-order valence-electron chi connectivity index (χ0n) is 15.2. The van der Waals surface area contributed by atoms with Crippen molar-refractivity contribution < 1.29 is 15.3 Å². The van der Waals surface area contributed by atoms with Crippen molar-refractivity contribution >= 4 is 0 Å². The standard InChI is InChI=1S/C20H34O3/c1-16(2)10-14(21)11-17(3)15(16)6-5-13-9-20(23)12-19(13,17)8-7-18(20,4)22/h13-15,21-23H,5-12H2,1-4H3. The number of hydrogen-bond acceptors (Lipinski definition) is 3. The van der Waals surface area contributed by atoms with Crippen LogP contribution in [0.4, 0.5) is 0 Å². The number of aliphatic hydroxyl groups is 3.